The maximum Gasteiger partial charge on any atom is 0.273 e. The van der Waals surface area contributed by atoms with Gasteiger partial charge >= 0.3 is 0 Å². The van der Waals surface area contributed by atoms with Crippen LogP contribution in [-0.4, -0.2) is 62.7 Å². The summed E-state index contributed by atoms with van der Waals surface area (Å²) >= 11 is 0. The lowest BCUT2D eigenvalue weighted by Gasteiger charge is -2.41. The summed E-state index contributed by atoms with van der Waals surface area (Å²) in [6.07, 6.45) is 2.70. The molecule has 188 valence electrons. The maximum atomic E-state index is 13.9. The summed E-state index contributed by atoms with van der Waals surface area (Å²) in [5, 5.41) is 22.5. The van der Waals surface area contributed by atoms with Crippen molar-refractivity contribution < 1.29 is 36.6 Å². The summed E-state index contributed by atoms with van der Waals surface area (Å²) in [5.74, 6) is -5.48. The van der Waals surface area contributed by atoms with E-state index in [4.69, 9.17) is 0 Å². The van der Waals surface area contributed by atoms with Crippen molar-refractivity contribution in [2.24, 2.45) is 7.05 Å². The summed E-state index contributed by atoms with van der Waals surface area (Å²) in [6.45, 7) is -0.464. The summed E-state index contributed by atoms with van der Waals surface area (Å²) in [5.41, 5.74) is -1.59. The highest BCUT2D eigenvalue weighted by Crippen LogP contribution is 2.45. The van der Waals surface area contributed by atoms with E-state index in [0.29, 0.717) is 25.0 Å². The number of carbonyl (C=O) groups excluding carboxylic acids is 1. The number of rotatable bonds is 5. The lowest BCUT2D eigenvalue weighted by atomic mass is 9.88. The minimum atomic E-state index is -4.17. The molecule has 3 aromatic rings. The lowest BCUT2D eigenvalue weighted by molar-refractivity contribution is -0.0664. The summed E-state index contributed by atoms with van der Waals surface area (Å²) in [4.78, 5) is 15.9. The number of benzene rings is 1. The number of amides is 1. The number of halogens is 3. The van der Waals surface area contributed by atoms with Crippen LogP contribution < -0.4 is 5.32 Å². The molecule has 13 heteroatoms. The number of nitrogens with one attached hydrogen (secondary N) is 2. The van der Waals surface area contributed by atoms with E-state index >= 15 is 0 Å². The maximum absolute atomic E-state index is 13.9. The van der Waals surface area contributed by atoms with Crippen LogP contribution in [0.3, 0.4) is 0 Å². The van der Waals surface area contributed by atoms with Crippen molar-refractivity contribution in [2.75, 3.05) is 11.9 Å². The molecule has 5 rings (SSSR count). The van der Waals surface area contributed by atoms with Gasteiger partial charge in [-0.25, -0.2) is 21.6 Å². The largest absolute Gasteiger partial charge is 0.393 e. The fourth-order valence-corrected chi connectivity index (χ4v) is 7.70. The van der Waals surface area contributed by atoms with Crippen LogP contribution in [0.5, 0.6) is 0 Å². The van der Waals surface area contributed by atoms with E-state index in [1.165, 1.54) is 28.2 Å². The third-order valence-electron chi connectivity index (χ3n) is 6.91. The van der Waals surface area contributed by atoms with Crippen LogP contribution in [-0.2, 0) is 17.1 Å². The number of aromatic amines is 1. The average molecular weight is 513 g/mol. The summed E-state index contributed by atoms with van der Waals surface area (Å²) in [7, 11) is -2.78. The molecule has 2 aliphatic rings. The Kier molecular flexibility index (Phi) is 5.51. The molecule has 9 nitrogen and oxygen atoms in total. The highest BCUT2D eigenvalue weighted by atomic mass is 32.2. The molecule has 2 bridgehead atoms. The molecule has 1 aromatic carbocycles. The Bertz CT molecular complexity index is 1410. The zero-order chi connectivity index (χ0) is 25.3. The SMILES string of the molecule is Cn1c(C(=O)Nc2cc(F)c(F)c(F)c2)c2cc[nH]c2c1S(=O)(=O)N1C2CCC1CC(O)(CO)C2. The number of aliphatic hydroxyl groups is 2. The summed E-state index contributed by atoms with van der Waals surface area (Å²) < 4.78 is 70.8. The van der Waals surface area contributed by atoms with Crippen molar-refractivity contribution in [3.63, 3.8) is 0 Å². The number of hydrogen-bond acceptors (Lipinski definition) is 5. The fraction of sp³-hybridized carbons (Fsp3) is 0.409. The molecule has 2 unspecified atom stereocenters. The van der Waals surface area contributed by atoms with Crippen molar-refractivity contribution in [3.05, 3.63) is 47.5 Å². The van der Waals surface area contributed by atoms with Crippen molar-refractivity contribution in [1.82, 2.24) is 13.9 Å². The van der Waals surface area contributed by atoms with Crippen molar-refractivity contribution in [3.8, 4) is 0 Å². The third kappa shape index (κ3) is 3.64. The molecule has 4 heterocycles. The second-order valence-corrected chi connectivity index (χ2v) is 11.0. The van der Waals surface area contributed by atoms with Gasteiger partial charge < -0.3 is 25.1 Å². The Morgan fingerprint density at radius 1 is 1.20 bits per heavy atom. The molecule has 2 aromatic heterocycles. The van der Waals surface area contributed by atoms with E-state index in [-0.39, 0.29) is 40.2 Å². The normalized spacial score (nSPS) is 24.9. The molecule has 2 fully saturated rings. The van der Waals surface area contributed by atoms with E-state index in [0.717, 1.165) is 0 Å². The third-order valence-corrected chi connectivity index (χ3v) is 9.03. The van der Waals surface area contributed by atoms with E-state index in [1.807, 2.05) is 0 Å². The average Bonchev–Trinajstić information content (AvgIpc) is 3.43. The molecule has 0 saturated carbocycles. The van der Waals surface area contributed by atoms with E-state index in [2.05, 4.69) is 10.3 Å². The van der Waals surface area contributed by atoms with Gasteiger partial charge in [-0.1, -0.05) is 0 Å². The molecule has 1 amide bonds. The molecule has 35 heavy (non-hydrogen) atoms. The van der Waals surface area contributed by atoms with Crippen LogP contribution in [0.1, 0.15) is 36.2 Å². The van der Waals surface area contributed by atoms with Crippen molar-refractivity contribution in [2.45, 2.75) is 48.4 Å². The van der Waals surface area contributed by atoms with E-state index in [9.17, 15) is 36.6 Å². The first-order valence-corrected chi connectivity index (χ1v) is 12.4. The van der Waals surface area contributed by atoms with Gasteiger partial charge in [0.2, 0.25) is 0 Å². The number of aromatic nitrogens is 2. The first kappa shape index (κ1) is 23.9. The Morgan fingerprint density at radius 3 is 2.37 bits per heavy atom. The Morgan fingerprint density at radius 2 is 1.80 bits per heavy atom. The van der Waals surface area contributed by atoms with Gasteiger partial charge in [0.05, 0.1) is 17.7 Å². The fourth-order valence-electron chi connectivity index (χ4n) is 5.49. The molecule has 0 radical (unpaired) electrons. The van der Waals surface area contributed by atoms with Gasteiger partial charge in [0.15, 0.2) is 22.5 Å². The molecule has 2 aliphatic heterocycles. The van der Waals surface area contributed by atoms with E-state index in [1.54, 1.807) is 0 Å². The topological polar surface area (TPSA) is 128 Å². The van der Waals surface area contributed by atoms with Crippen LogP contribution in [0.15, 0.2) is 29.4 Å². The molecule has 2 saturated heterocycles. The van der Waals surface area contributed by atoms with Gasteiger partial charge in [-0.3, -0.25) is 4.79 Å². The Hall–Kier alpha value is -2.87. The minimum Gasteiger partial charge on any atom is -0.393 e. The zero-order valence-electron chi connectivity index (χ0n) is 18.6. The smallest absolute Gasteiger partial charge is 0.273 e. The molecule has 4 N–H and O–H groups in total. The highest BCUT2D eigenvalue weighted by molar-refractivity contribution is 7.89. The van der Waals surface area contributed by atoms with Gasteiger partial charge in [0.1, 0.15) is 5.69 Å². The second kappa shape index (κ2) is 8.08. The predicted octanol–water partition coefficient (Wildman–Crippen LogP) is 2.21. The van der Waals surface area contributed by atoms with Gasteiger partial charge in [-0.15, -0.1) is 0 Å². The number of nitrogens with zero attached hydrogens (tertiary/aromatic N) is 2. The van der Waals surface area contributed by atoms with Crippen LogP contribution >= 0.6 is 0 Å². The molecular formula is C22H23F3N4O5S. The van der Waals surface area contributed by atoms with E-state index < -0.39 is 57.7 Å². The molecule has 0 aliphatic carbocycles. The van der Waals surface area contributed by atoms with Crippen molar-refractivity contribution >= 4 is 32.5 Å². The van der Waals surface area contributed by atoms with Crippen molar-refractivity contribution in [1.29, 1.82) is 0 Å². The van der Waals surface area contributed by atoms with Crippen LogP contribution in [0, 0.1) is 17.5 Å². The number of hydrogen-bond donors (Lipinski definition) is 4. The lowest BCUT2D eigenvalue weighted by Crippen LogP contribution is -2.54. The van der Waals surface area contributed by atoms with Gasteiger partial charge in [-0.2, -0.15) is 4.31 Å². The van der Waals surface area contributed by atoms with Gasteiger partial charge in [0.25, 0.3) is 15.9 Å². The minimum absolute atomic E-state index is 0.0822. The number of H-pyrrole nitrogens is 1. The monoisotopic (exact) mass is 512 g/mol. The van der Waals surface area contributed by atoms with Gasteiger partial charge in [0, 0.05) is 48.5 Å². The number of aliphatic hydroxyl groups excluding tert-OH is 1. The standard InChI is InChI=1S/C22H23F3N4O5S/c1-28-19(20(31)27-11-6-15(23)17(25)16(24)7-11)14-4-5-26-18(14)21(28)35(33,34)29-12-2-3-13(29)9-22(32,8-12)10-30/h4-7,12-13,26,30,32H,2-3,8-10H2,1H3,(H,27,31). The first-order valence-electron chi connectivity index (χ1n) is 11.0. The summed E-state index contributed by atoms with van der Waals surface area (Å²) in [6, 6.07) is 1.72. The van der Waals surface area contributed by atoms with Crippen LogP contribution in [0.4, 0.5) is 18.9 Å². The van der Waals surface area contributed by atoms with Gasteiger partial charge in [-0.05, 0) is 31.7 Å². The predicted molar refractivity (Wildman–Crippen MR) is 119 cm³/mol. The number of piperidine rings is 1. The molecular weight excluding hydrogens is 489 g/mol. The quantitative estimate of drug-likeness (QED) is 0.390. The van der Waals surface area contributed by atoms with Crippen LogP contribution in [0.2, 0.25) is 0 Å². The second-order valence-electron chi connectivity index (χ2n) is 9.20. The number of fused-ring (bicyclic) bond motifs is 3. The Labute approximate surface area is 198 Å². The number of carbonyl (C=O) groups is 1. The number of anilines is 1. The molecule has 2 atom stereocenters. The highest BCUT2D eigenvalue weighted by Gasteiger charge is 2.53. The number of sulfonamides is 1. The molecule has 0 spiro atoms. The Balaban J connectivity index is 1.55. The van der Waals surface area contributed by atoms with Crippen LogP contribution in [0.25, 0.3) is 10.9 Å². The zero-order valence-corrected chi connectivity index (χ0v) is 19.4. The first-order chi connectivity index (χ1) is 16.5.